The number of hydrogen-bond donors (Lipinski definition) is 2. The highest BCUT2D eigenvalue weighted by molar-refractivity contribution is 7.16. The Labute approximate surface area is 185 Å². The van der Waals surface area contributed by atoms with E-state index >= 15 is 0 Å². The number of fused-ring (bicyclic) bond motifs is 3. The van der Waals surface area contributed by atoms with E-state index in [-0.39, 0.29) is 11.7 Å². The highest BCUT2D eigenvalue weighted by atomic mass is 32.1. The van der Waals surface area contributed by atoms with Gasteiger partial charge < -0.3 is 15.1 Å². The maximum absolute atomic E-state index is 14.1. The van der Waals surface area contributed by atoms with Crippen LogP contribution in [-0.4, -0.2) is 5.91 Å². The molecule has 0 saturated heterocycles. The lowest BCUT2D eigenvalue weighted by atomic mass is 9.69. The Morgan fingerprint density at radius 2 is 2.00 bits per heavy atom. The third kappa shape index (κ3) is 3.47. The van der Waals surface area contributed by atoms with Crippen LogP contribution in [-0.2, 0) is 12.8 Å². The highest BCUT2D eigenvalue weighted by Crippen LogP contribution is 2.47. The van der Waals surface area contributed by atoms with Gasteiger partial charge in [0, 0.05) is 4.88 Å². The molecule has 0 saturated carbocycles. The SMILES string of the molecule is CCC(C)(C)[C@@H]1CCc2c(sc3c2C(=O)N[C@@H](c2ccc(-c4ccccc4F)o2)N3)C1. The van der Waals surface area contributed by atoms with E-state index in [0.717, 1.165) is 36.2 Å². The fourth-order valence-corrected chi connectivity index (χ4v) is 6.06. The van der Waals surface area contributed by atoms with Crippen molar-refractivity contribution in [2.75, 3.05) is 5.32 Å². The number of furan rings is 1. The molecule has 5 rings (SSSR count). The van der Waals surface area contributed by atoms with Gasteiger partial charge in [-0.15, -0.1) is 11.3 Å². The molecule has 0 radical (unpaired) electrons. The quantitative estimate of drug-likeness (QED) is 0.486. The first-order valence-electron chi connectivity index (χ1n) is 10.9. The summed E-state index contributed by atoms with van der Waals surface area (Å²) in [6, 6.07) is 10.1. The number of hydrogen-bond acceptors (Lipinski definition) is 4. The zero-order valence-electron chi connectivity index (χ0n) is 18.0. The number of rotatable bonds is 4. The van der Waals surface area contributed by atoms with Crippen molar-refractivity contribution in [2.24, 2.45) is 11.3 Å². The summed E-state index contributed by atoms with van der Waals surface area (Å²) < 4.78 is 20.0. The van der Waals surface area contributed by atoms with Gasteiger partial charge in [-0.1, -0.05) is 39.3 Å². The highest BCUT2D eigenvalue weighted by Gasteiger charge is 2.37. The lowest BCUT2D eigenvalue weighted by Crippen LogP contribution is -2.38. The number of carbonyl (C=O) groups is 1. The second kappa shape index (κ2) is 7.52. The van der Waals surface area contributed by atoms with Crippen LogP contribution in [0.25, 0.3) is 11.3 Å². The summed E-state index contributed by atoms with van der Waals surface area (Å²) in [4.78, 5) is 14.4. The van der Waals surface area contributed by atoms with Crippen molar-refractivity contribution >= 4 is 22.2 Å². The van der Waals surface area contributed by atoms with E-state index < -0.39 is 6.17 Å². The van der Waals surface area contributed by atoms with Gasteiger partial charge in [0.2, 0.25) is 0 Å². The van der Waals surface area contributed by atoms with Crippen molar-refractivity contribution in [3.05, 3.63) is 64.0 Å². The van der Waals surface area contributed by atoms with Crippen LogP contribution in [0.1, 0.15) is 66.3 Å². The van der Waals surface area contributed by atoms with Gasteiger partial charge in [0.15, 0.2) is 6.17 Å². The van der Waals surface area contributed by atoms with Crippen molar-refractivity contribution in [2.45, 2.75) is 52.6 Å². The van der Waals surface area contributed by atoms with Crippen LogP contribution >= 0.6 is 11.3 Å². The molecule has 2 N–H and O–H groups in total. The zero-order chi connectivity index (χ0) is 21.8. The summed E-state index contributed by atoms with van der Waals surface area (Å²) in [5.74, 6) is 1.26. The standard InChI is InChI=1S/C25H27FN2O2S/c1-4-25(2,3)14-9-10-16-20(13-14)31-24-21(16)23(29)27-22(28-24)19-12-11-18(30-19)15-7-5-6-8-17(15)26/h5-8,11-12,14,22,28H,4,9-10,13H2,1-3H3,(H,27,29)/t14-,22-/m1/s1. The molecule has 2 aromatic heterocycles. The van der Waals surface area contributed by atoms with Gasteiger partial charge >= 0.3 is 0 Å². The first-order chi connectivity index (χ1) is 14.9. The van der Waals surface area contributed by atoms with E-state index in [1.54, 1.807) is 41.7 Å². The Morgan fingerprint density at radius 3 is 2.77 bits per heavy atom. The first kappa shape index (κ1) is 20.3. The number of anilines is 1. The number of nitrogens with one attached hydrogen (secondary N) is 2. The Kier molecular flexibility index (Phi) is 4.93. The van der Waals surface area contributed by atoms with Crippen LogP contribution in [0.4, 0.5) is 9.39 Å². The van der Waals surface area contributed by atoms with E-state index in [1.807, 2.05) is 0 Å². The maximum atomic E-state index is 14.1. The largest absolute Gasteiger partial charge is 0.457 e. The summed E-state index contributed by atoms with van der Waals surface area (Å²) in [5.41, 5.74) is 2.72. The molecule has 0 spiro atoms. The fraction of sp³-hybridized carbons (Fsp3) is 0.400. The van der Waals surface area contributed by atoms with Crippen molar-refractivity contribution in [3.8, 4) is 11.3 Å². The third-order valence-corrected chi connectivity index (χ3v) is 8.30. The molecule has 0 unspecified atom stereocenters. The fourth-order valence-electron chi connectivity index (χ4n) is 4.71. The zero-order valence-corrected chi connectivity index (χ0v) is 18.9. The van der Waals surface area contributed by atoms with Crippen molar-refractivity contribution < 1.29 is 13.6 Å². The van der Waals surface area contributed by atoms with E-state index in [0.29, 0.717) is 28.4 Å². The molecule has 0 fully saturated rings. The molecule has 1 amide bonds. The van der Waals surface area contributed by atoms with Gasteiger partial charge in [0.25, 0.3) is 5.91 Å². The molecule has 6 heteroatoms. The molecule has 0 bridgehead atoms. The molecule has 1 aliphatic carbocycles. The lowest BCUT2D eigenvalue weighted by Gasteiger charge is -2.36. The molecule has 1 aliphatic heterocycles. The first-order valence-corrected chi connectivity index (χ1v) is 11.8. The van der Waals surface area contributed by atoms with E-state index in [1.165, 1.54) is 16.5 Å². The minimum Gasteiger partial charge on any atom is -0.457 e. The summed E-state index contributed by atoms with van der Waals surface area (Å²) in [7, 11) is 0. The van der Waals surface area contributed by atoms with Crippen LogP contribution in [0.2, 0.25) is 0 Å². The van der Waals surface area contributed by atoms with Gasteiger partial charge in [-0.25, -0.2) is 4.39 Å². The predicted octanol–water partition coefficient (Wildman–Crippen LogP) is 6.54. The molecule has 4 nitrogen and oxygen atoms in total. The molecule has 162 valence electrons. The number of benzene rings is 1. The normalized spacial score (nSPS) is 20.6. The maximum Gasteiger partial charge on any atom is 0.256 e. The second-order valence-electron chi connectivity index (χ2n) is 9.22. The van der Waals surface area contributed by atoms with Gasteiger partial charge in [0.05, 0.1) is 11.1 Å². The lowest BCUT2D eigenvalue weighted by molar-refractivity contribution is 0.0930. The summed E-state index contributed by atoms with van der Waals surface area (Å²) in [5, 5.41) is 7.39. The summed E-state index contributed by atoms with van der Waals surface area (Å²) in [6.45, 7) is 6.95. The van der Waals surface area contributed by atoms with Crippen LogP contribution in [0.5, 0.6) is 0 Å². The molecule has 1 aromatic carbocycles. The molecule has 3 aromatic rings. The van der Waals surface area contributed by atoms with Gasteiger partial charge in [-0.05, 0) is 60.4 Å². The molecule has 31 heavy (non-hydrogen) atoms. The third-order valence-electron chi connectivity index (χ3n) is 7.11. The predicted molar refractivity (Wildman–Crippen MR) is 122 cm³/mol. The second-order valence-corrected chi connectivity index (χ2v) is 10.3. The molecular weight excluding hydrogens is 411 g/mol. The topological polar surface area (TPSA) is 54.3 Å². The minimum absolute atomic E-state index is 0.0618. The average molecular weight is 439 g/mol. The number of carbonyl (C=O) groups excluding carboxylic acids is 1. The Hall–Kier alpha value is -2.60. The molecule has 2 aliphatic rings. The molecule has 2 atom stereocenters. The summed E-state index contributed by atoms with van der Waals surface area (Å²) >= 11 is 1.70. The number of amides is 1. The summed E-state index contributed by atoms with van der Waals surface area (Å²) in [6.07, 6.45) is 3.79. The van der Waals surface area contributed by atoms with Crippen LogP contribution in [0.3, 0.4) is 0 Å². The van der Waals surface area contributed by atoms with Crippen molar-refractivity contribution in [1.82, 2.24) is 5.32 Å². The van der Waals surface area contributed by atoms with Gasteiger partial charge in [0.1, 0.15) is 22.3 Å². The number of halogens is 1. The molecular formula is C25H27FN2O2S. The van der Waals surface area contributed by atoms with Crippen molar-refractivity contribution in [1.29, 1.82) is 0 Å². The van der Waals surface area contributed by atoms with Crippen molar-refractivity contribution in [3.63, 3.8) is 0 Å². The smallest absolute Gasteiger partial charge is 0.256 e. The van der Waals surface area contributed by atoms with Crippen LogP contribution in [0, 0.1) is 17.2 Å². The van der Waals surface area contributed by atoms with Gasteiger partial charge in [-0.3, -0.25) is 4.79 Å². The van der Waals surface area contributed by atoms with Gasteiger partial charge in [-0.2, -0.15) is 0 Å². The minimum atomic E-state index is -0.469. The van der Waals surface area contributed by atoms with Crippen LogP contribution in [0.15, 0.2) is 40.8 Å². The van der Waals surface area contributed by atoms with E-state index in [4.69, 9.17) is 4.42 Å². The Bertz CT molecular complexity index is 1150. The Morgan fingerprint density at radius 1 is 1.19 bits per heavy atom. The van der Waals surface area contributed by atoms with E-state index in [2.05, 4.69) is 31.4 Å². The van der Waals surface area contributed by atoms with E-state index in [9.17, 15) is 9.18 Å². The molecule has 3 heterocycles. The van der Waals surface area contributed by atoms with Crippen LogP contribution < -0.4 is 10.6 Å². The average Bonchev–Trinajstić information content (AvgIpc) is 3.38. The monoisotopic (exact) mass is 438 g/mol. The number of thiophene rings is 1. The Balaban J connectivity index is 1.41.